The SMILES string of the molecule is Cc1cc2nc3cccc(Cl)c3c(C)c2c(=O)o1. The highest BCUT2D eigenvalue weighted by Gasteiger charge is 2.12. The lowest BCUT2D eigenvalue weighted by atomic mass is 10.1. The van der Waals surface area contributed by atoms with Gasteiger partial charge >= 0.3 is 5.63 Å². The zero-order chi connectivity index (χ0) is 12.9. The van der Waals surface area contributed by atoms with E-state index in [1.54, 1.807) is 19.1 Å². The van der Waals surface area contributed by atoms with E-state index >= 15 is 0 Å². The van der Waals surface area contributed by atoms with E-state index in [2.05, 4.69) is 4.98 Å². The molecule has 0 saturated heterocycles. The van der Waals surface area contributed by atoms with Crippen LogP contribution in [-0.4, -0.2) is 4.98 Å². The number of halogens is 1. The molecule has 0 radical (unpaired) electrons. The van der Waals surface area contributed by atoms with E-state index < -0.39 is 0 Å². The van der Waals surface area contributed by atoms with Gasteiger partial charge in [0.15, 0.2) is 0 Å². The van der Waals surface area contributed by atoms with E-state index in [0.29, 0.717) is 21.7 Å². The van der Waals surface area contributed by atoms with Crippen LogP contribution in [0, 0.1) is 13.8 Å². The third-order valence-corrected chi connectivity index (χ3v) is 3.35. The highest BCUT2D eigenvalue weighted by atomic mass is 35.5. The van der Waals surface area contributed by atoms with Gasteiger partial charge in [-0.1, -0.05) is 17.7 Å². The van der Waals surface area contributed by atoms with Crippen molar-refractivity contribution in [3.63, 3.8) is 0 Å². The van der Waals surface area contributed by atoms with Gasteiger partial charge in [0.2, 0.25) is 0 Å². The maximum Gasteiger partial charge on any atom is 0.345 e. The van der Waals surface area contributed by atoms with Crippen LogP contribution in [0.15, 0.2) is 33.5 Å². The Labute approximate surface area is 108 Å². The predicted octanol–water partition coefficient (Wildman–Crippen LogP) is 3.61. The second kappa shape index (κ2) is 3.82. The Morgan fingerprint density at radius 1 is 1.17 bits per heavy atom. The van der Waals surface area contributed by atoms with Crippen molar-refractivity contribution in [1.29, 1.82) is 0 Å². The fourth-order valence-electron chi connectivity index (χ4n) is 2.26. The smallest absolute Gasteiger partial charge is 0.345 e. The van der Waals surface area contributed by atoms with E-state index in [4.69, 9.17) is 16.0 Å². The summed E-state index contributed by atoms with van der Waals surface area (Å²) >= 11 is 6.17. The number of hydrogen-bond acceptors (Lipinski definition) is 3. The normalized spacial score (nSPS) is 11.3. The van der Waals surface area contributed by atoms with Crippen molar-refractivity contribution in [3.8, 4) is 0 Å². The molecule has 0 amide bonds. The Morgan fingerprint density at radius 2 is 1.94 bits per heavy atom. The molecule has 2 heterocycles. The largest absolute Gasteiger partial charge is 0.428 e. The Hall–Kier alpha value is -1.87. The average molecular weight is 260 g/mol. The molecule has 2 aromatic heterocycles. The van der Waals surface area contributed by atoms with Gasteiger partial charge in [0.1, 0.15) is 5.76 Å². The minimum Gasteiger partial charge on any atom is -0.428 e. The van der Waals surface area contributed by atoms with Crippen LogP contribution in [0.25, 0.3) is 21.8 Å². The highest BCUT2D eigenvalue weighted by molar-refractivity contribution is 6.36. The number of pyridine rings is 1. The lowest BCUT2D eigenvalue weighted by Crippen LogP contribution is -2.04. The van der Waals surface area contributed by atoms with Gasteiger partial charge in [-0.05, 0) is 31.5 Å². The fraction of sp³-hybridized carbons (Fsp3) is 0.143. The first kappa shape index (κ1) is 11.2. The second-order valence-corrected chi connectivity index (χ2v) is 4.68. The van der Waals surface area contributed by atoms with Gasteiger partial charge in [-0.15, -0.1) is 0 Å². The fourth-order valence-corrected chi connectivity index (χ4v) is 2.57. The first-order valence-corrected chi connectivity index (χ1v) is 5.95. The molecule has 3 rings (SSSR count). The first-order chi connectivity index (χ1) is 8.58. The van der Waals surface area contributed by atoms with E-state index in [9.17, 15) is 4.79 Å². The van der Waals surface area contributed by atoms with E-state index in [1.807, 2.05) is 19.1 Å². The number of nitrogens with zero attached hydrogens (tertiary/aromatic N) is 1. The number of hydrogen-bond donors (Lipinski definition) is 0. The maximum atomic E-state index is 11.9. The third-order valence-electron chi connectivity index (χ3n) is 3.04. The van der Waals surface area contributed by atoms with Crippen LogP contribution >= 0.6 is 11.6 Å². The van der Waals surface area contributed by atoms with Crippen LogP contribution in [0.1, 0.15) is 11.3 Å². The van der Waals surface area contributed by atoms with E-state index in [0.717, 1.165) is 16.5 Å². The van der Waals surface area contributed by atoms with Crippen molar-refractivity contribution in [2.75, 3.05) is 0 Å². The van der Waals surface area contributed by atoms with Crippen LogP contribution in [0.3, 0.4) is 0 Å². The maximum absolute atomic E-state index is 11.9. The summed E-state index contributed by atoms with van der Waals surface area (Å²) in [6.45, 7) is 3.60. The molecule has 1 aromatic carbocycles. The number of fused-ring (bicyclic) bond motifs is 2. The molecule has 0 spiro atoms. The Bertz CT molecular complexity index is 836. The van der Waals surface area contributed by atoms with Gasteiger partial charge in [0.05, 0.1) is 21.4 Å². The monoisotopic (exact) mass is 259 g/mol. The average Bonchev–Trinajstić information content (AvgIpc) is 2.27. The molecule has 90 valence electrons. The van der Waals surface area contributed by atoms with Crippen molar-refractivity contribution in [1.82, 2.24) is 4.98 Å². The molecule has 4 heteroatoms. The zero-order valence-corrected chi connectivity index (χ0v) is 10.7. The molecule has 0 aliphatic heterocycles. The molecule has 3 nitrogen and oxygen atoms in total. The van der Waals surface area contributed by atoms with Crippen molar-refractivity contribution in [2.24, 2.45) is 0 Å². The summed E-state index contributed by atoms with van der Waals surface area (Å²) in [5.74, 6) is 0.556. The van der Waals surface area contributed by atoms with E-state index in [1.165, 1.54) is 0 Å². The number of aryl methyl sites for hydroxylation is 2. The molecule has 0 aliphatic carbocycles. The summed E-state index contributed by atoms with van der Waals surface area (Å²) in [5, 5.41) is 1.91. The summed E-state index contributed by atoms with van der Waals surface area (Å²) < 4.78 is 5.12. The number of rotatable bonds is 0. The number of benzene rings is 1. The molecular weight excluding hydrogens is 250 g/mol. The van der Waals surface area contributed by atoms with Crippen molar-refractivity contribution in [2.45, 2.75) is 13.8 Å². The molecule has 0 unspecified atom stereocenters. The topological polar surface area (TPSA) is 43.1 Å². The molecule has 0 N–H and O–H groups in total. The molecule has 0 saturated carbocycles. The summed E-state index contributed by atoms with van der Waals surface area (Å²) in [7, 11) is 0. The predicted molar refractivity (Wildman–Crippen MR) is 72.3 cm³/mol. The summed E-state index contributed by atoms with van der Waals surface area (Å²) in [6.07, 6.45) is 0. The van der Waals surface area contributed by atoms with Crippen LogP contribution in [0.5, 0.6) is 0 Å². The standard InChI is InChI=1S/C14H10ClNO2/c1-7-6-11-13(14(17)18-7)8(2)12-9(15)4-3-5-10(12)16-11/h3-6H,1-2H3. The Kier molecular flexibility index (Phi) is 2.38. The molecule has 0 aliphatic rings. The summed E-state index contributed by atoms with van der Waals surface area (Å²) in [5.41, 5.74) is 1.89. The Balaban J connectivity index is 2.66. The summed E-state index contributed by atoms with van der Waals surface area (Å²) in [4.78, 5) is 16.4. The lowest BCUT2D eigenvalue weighted by molar-refractivity contribution is 0.488. The van der Waals surface area contributed by atoms with Gasteiger partial charge < -0.3 is 4.42 Å². The summed E-state index contributed by atoms with van der Waals surface area (Å²) in [6, 6.07) is 7.29. The number of aromatic nitrogens is 1. The van der Waals surface area contributed by atoms with Crippen LogP contribution in [0.4, 0.5) is 0 Å². The van der Waals surface area contributed by atoms with Crippen molar-refractivity contribution < 1.29 is 4.42 Å². The van der Waals surface area contributed by atoms with Crippen LogP contribution in [-0.2, 0) is 0 Å². The quantitative estimate of drug-likeness (QED) is 0.579. The van der Waals surface area contributed by atoms with Gasteiger partial charge in [-0.25, -0.2) is 9.78 Å². The van der Waals surface area contributed by atoms with E-state index in [-0.39, 0.29) is 5.63 Å². The minimum absolute atomic E-state index is 0.364. The Morgan fingerprint density at radius 3 is 2.72 bits per heavy atom. The first-order valence-electron chi connectivity index (χ1n) is 5.57. The third kappa shape index (κ3) is 1.51. The highest BCUT2D eigenvalue weighted by Crippen LogP contribution is 2.29. The van der Waals surface area contributed by atoms with Gasteiger partial charge in [0, 0.05) is 11.5 Å². The second-order valence-electron chi connectivity index (χ2n) is 4.28. The van der Waals surface area contributed by atoms with Crippen molar-refractivity contribution in [3.05, 3.63) is 51.0 Å². The van der Waals surface area contributed by atoms with Crippen LogP contribution < -0.4 is 5.63 Å². The molecule has 0 bridgehead atoms. The molecular formula is C14H10ClNO2. The zero-order valence-electron chi connectivity index (χ0n) is 9.95. The van der Waals surface area contributed by atoms with Gasteiger partial charge in [-0.3, -0.25) is 0 Å². The molecule has 18 heavy (non-hydrogen) atoms. The van der Waals surface area contributed by atoms with Crippen LogP contribution in [0.2, 0.25) is 5.02 Å². The van der Waals surface area contributed by atoms with Gasteiger partial charge in [-0.2, -0.15) is 0 Å². The minimum atomic E-state index is -0.364. The van der Waals surface area contributed by atoms with Crippen molar-refractivity contribution >= 4 is 33.4 Å². The molecule has 0 fully saturated rings. The molecule has 0 atom stereocenters. The lowest BCUT2D eigenvalue weighted by Gasteiger charge is -2.07. The van der Waals surface area contributed by atoms with Gasteiger partial charge in [0.25, 0.3) is 0 Å². The molecule has 3 aromatic rings.